The molecule has 0 radical (unpaired) electrons. The topological polar surface area (TPSA) is 64.6 Å². The predicted octanol–water partition coefficient (Wildman–Crippen LogP) is 3.32. The summed E-state index contributed by atoms with van der Waals surface area (Å²) >= 11 is 0. The van der Waals surface area contributed by atoms with Crippen molar-refractivity contribution in [2.45, 2.75) is 6.54 Å². The van der Waals surface area contributed by atoms with Crippen molar-refractivity contribution in [3.63, 3.8) is 0 Å². The number of benzene rings is 3. The van der Waals surface area contributed by atoms with Crippen molar-refractivity contribution in [1.29, 1.82) is 0 Å². The number of hydrogen-bond acceptors (Lipinski definition) is 4. The summed E-state index contributed by atoms with van der Waals surface area (Å²) in [6.45, 7) is 0.299. The van der Waals surface area contributed by atoms with Crippen molar-refractivity contribution in [2.75, 3.05) is 13.7 Å². The molecule has 0 saturated heterocycles. The van der Waals surface area contributed by atoms with Crippen molar-refractivity contribution in [2.24, 2.45) is 0 Å². The molecule has 0 bridgehead atoms. The molecule has 3 rings (SSSR count). The molecule has 5 nitrogen and oxygen atoms in total. The number of esters is 1. The van der Waals surface area contributed by atoms with Gasteiger partial charge in [-0.25, -0.2) is 4.79 Å². The maximum atomic E-state index is 12.0. The second kappa shape index (κ2) is 8.16. The third kappa shape index (κ3) is 4.19. The van der Waals surface area contributed by atoms with E-state index in [9.17, 15) is 9.59 Å². The van der Waals surface area contributed by atoms with Gasteiger partial charge in [0.1, 0.15) is 5.75 Å². The average molecular weight is 349 g/mol. The summed E-state index contributed by atoms with van der Waals surface area (Å²) < 4.78 is 10.3. The fourth-order valence-corrected chi connectivity index (χ4v) is 2.59. The molecule has 5 heteroatoms. The van der Waals surface area contributed by atoms with E-state index in [1.807, 2.05) is 42.5 Å². The molecule has 0 unspecified atom stereocenters. The van der Waals surface area contributed by atoms with Gasteiger partial charge in [0.25, 0.3) is 5.91 Å². The molecule has 1 amide bonds. The Balaban J connectivity index is 1.53. The van der Waals surface area contributed by atoms with Crippen LogP contribution >= 0.6 is 0 Å². The summed E-state index contributed by atoms with van der Waals surface area (Å²) in [5.41, 5.74) is 1.36. The van der Waals surface area contributed by atoms with Crippen LogP contribution in [-0.4, -0.2) is 25.6 Å². The maximum absolute atomic E-state index is 12.0. The first-order chi connectivity index (χ1) is 12.7. The van der Waals surface area contributed by atoms with Gasteiger partial charge in [-0.2, -0.15) is 0 Å². The Labute approximate surface area is 151 Å². The van der Waals surface area contributed by atoms with Gasteiger partial charge in [-0.15, -0.1) is 0 Å². The molecule has 0 fully saturated rings. The van der Waals surface area contributed by atoms with Crippen LogP contribution in [0.15, 0.2) is 66.7 Å². The number of methoxy groups -OCH3 is 1. The van der Waals surface area contributed by atoms with Crippen LogP contribution in [0.3, 0.4) is 0 Å². The highest BCUT2D eigenvalue weighted by Crippen LogP contribution is 2.24. The van der Waals surface area contributed by atoms with Gasteiger partial charge in [-0.1, -0.05) is 48.5 Å². The Morgan fingerprint density at radius 3 is 2.42 bits per heavy atom. The summed E-state index contributed by atoms with van der Waals surface area (Å²) in [5.74, 6) is 0.0831. The van der Waals surface area contributed by atoms with Gasteiger partial charge >= 0.3 is 5.97 Å². The number of rotatable bonds is 6. The Bertz CT molecular complexity index is 913. The lowest BCUT2D eigenvalue weighted by Crippen LogP contribution is -2.28. The quantitative estimate of drug-likeness (QED) is 0.694. The number of fused-ring (bicyclic) bond motifs is 1. The normalized spacial score (nSPS) is 10.3. The third-order valence-corrected chi connectivity index (χ3v) is 3.97. The molecular formula is C21H19NO4. The molecule has 132 valence electrons. The molecule has 0 aliphatic carbocycles. The molecular weight excluding hydrogens is 330 g/mol. The van der Waals surface area contributed by atoms with Gasteiger partial charge in [0, 0.05) is 11.9 Å². The molecule has 1 N–H and O–H groups in total. The Morgan fingerprint density at radius 2 is 1.65 bits per heavy atom. The minimum absolute atomic E-state index is 0.0613. The summed E-state index contributed by atoms with van der Waals surface area (Å²) in [6.07, 6.45) is 0. The first-order valence-electron chi connectivity index (χ1n) is 8.22. The van der Waals surface area contributed by atoms with Gasteiger partial charge in [0.05, 0.1) is 12.7 Å². The summed E-state index contributed by atoms with van der Waals surface area (Å²) in [4.78, 5) is 23.4. The average Bonchev–Trinajstić information content (AvgIpc) is 2.70. The smallest absolute Gasteiger partial charge is 0.337 e. The van der Waals surface area contributed by atoms with Crippen LogP contribution in [0.1, 0.15) is 15.9 Å². The molecule has 0 aromatic heterocycles. The van der Waals surface area contributed by atoms with Gasteiger partial charge in [0.2, 0.25) is 0 Å². The number of ether oxygens (including phenoxy) is 2. The zero-order valence-corrected chi connectivity index (χ0v) is 14.4. The van der Waals surface area contributed by atoms with Crippen LogP contribution in [0.25, 0.3) is 10.8 Å². The largest absolute Gasteiger partial charge is 0.483 e. The Morgan fingerprint density at radius 1 is 0.923 bits per heavy atom. The van der Waals surface area contributed by atoms with Gasteiger partial charge in [-0.3, -0.25) is 4.79 Å². The second-order valence-corrected chi connectivity index (χ2v) is 5.73. The number of carbonyl (C=O) groups is 2. The van der Waals surface area contributed by atoms with E-state index in [1.54, 1.807) is 24.3 Å². The Kier molecular flexibility index (Phi) is 5.49. The van der Waals surface area contributed by atoms with E-state index in [4.69, 9.17) is 4.74 Å². The Hall–Kier alpha value is -3.34. The van der Waals surface area contributed by atoms with Gasteiger partial charge in [-0.05, 0) is 29.1 Å². The van der Waals surface area contributed by atoms with E-state index < -0.39 is 0 Å². The van der Waals surface area contributed by atoms with E-state index in [1.165, 1.54) is 7.11 Å². The zero-order valence-electron chi connectivity index (χ0n) is 14.4. The van der Waals surface area contributed by atoms with Crippen LogP contribution < -0.4 is 10.1 Å². The number of carbonyl (C=O) groups excluding carboxylic acids is 2. The van der Waals surface area contributed by atoms with E-state index in [0.717, 1.165) is 16.3 Å². The SMILES string of the molecule is COC(=O)c1ccc(CNC(=O)COc2cccc3ccccc23)cc1. The zero-order chi connectivity index (χ0) is 18.4. The lowest BCUT2D eigenvalue weighted by Gasteiger charge is -2.10. The van der Waals surface area contributed by atoms with E-state index in [0.29, 0.717) is 17.9 Å². The first kappa shape index (κ1) is 17.5. The predicted molar refractivity (Wildman–Crippen MR) is 99.1 cm³/mol. The van der Waals surface area contributed by atoms with Crippen molar-refractivity contribution >= 4 is 22.6 Å². The standard InChI is InChI=1S/C21H19NO4/c1-25-21(24)17-11-9-15(10-12-17)13-22-20(23)14-26-19-8-4-6-16-5-2-3-7-18(16)19/h2-12H,13-14H2,1H3,(H,22,23). The van der Waals surface area contributed by atoms with Crippen LogP contribution in [0.5, 0.6) is 5.75 Å². The minimum Gasteiger partial charge on any atom is -0.483 e. The third-order valence-electron chi connectivity index (χ3n) is 3.97. The summed E-state index contributed by atoms with van der Waals surface area (Å²) in [7, 11) is 1.34. The molecule has 26 heavy (non-hydrogen) atoms. The summed E-state index contributed by atoms with van der Waals surface area (Å²) in [5, 5.41) is 4.84. The first-order valence-corrected chi connectivity index (χ1v) is 8.22. The number of hydrogen-bond donors (Lipinski definition) is 1. The molecule has 0 aliphatic heterocycles. The van der Waals surface area contributed by atoms with Gasteiger partial charge in [0.15, 0.2) is 6.61 Å². The second-order valence-electron chi connectivity index (χ2n) is 5.73. The highest BCUT2D eigenvalue weighted by Gasteiger charge is 2.07. The van der Waals surface area contributed by atoms with Crippen LogP contribution in [-0.2, 0) is 16.1 Å². The van der Waals surface area contributed by atoms with Crippen molar-refractivity contribution in [1.82, 2.24) is 5.32 Å². The highest BCUT2D eigenvalue weighted by molar-refractivity contribution is 5.89. The highest BCUT2D eigenvalue weighted by atomic mass is 16.5. The fourth-order valence-electron chi connectivity index (χ4n) is 2.59. The van der Waals surface area contributed by atoms with E-state index >= 15 is 0 Å². The van der Waals surface area contributed by atoms with Crippen LogP contribution in [0.4, 0.5) is 0 Å². The van der Waals surface area contributed by atoms with Crippen LogP contribution in [0.2, 0.25) is 0 Å². The molecule has 0 atom stereocenters. The van der Waals surface area contributed by atoms with Crippen molar-refractivity contribution < 1.29 is 19.1 Å². The van der Waals surface area contributed by atoms with Crippen LogP contribution in [0, 0.1) is 0 Å². The molecule has 0 heterocycles. The maximum Gasteiger partial charge on any atom is 0.337 e. The van der Waals surface area contributed by atoms with Crippen molar-refractivity contribution in [3.05, 3.63) is 77.9 Å². The summed E-state index contributed by atoms with van der Waals surface area (Å²) in [6, 6.07) is 20.5. The lowest BCUT2D eigenvalue weighted by molar-refractivity contribution is -0.123. The van der Waals surface area contributed by atoms with E-state index in [-0.39, 0.29) is 18.5 Å². The molecule has 3 aromatic rings. The van der Waals surface area contributed by atoms with Gasteiger partial charge < -0.3 is 14.8 Å². The number of amides is 1. The molecule has 0 aliphatic rings. The van der Waals surface area contributed by atoms with E-state index in [2.05, 4.69) is 10.1 Å². The molecule has 0 saturated carbocycles. The lowest BCUT2D eigenvalue weighted by atomic mass is 10.1. The number of nitrogens with one attached hydrogen (secondary N) is 1. The molecule has 3 aromatic carbocycles. The molecule has 0 spiro atoms. The van der Waals surface area contributed by atoms with Crippen molar-refractivity contribution in [3.8, 4) is 5.75 Å². The fraction of sp³-hybridized carbons (Fsp3) is 0.143. The minimum atomic E-state index is -0.385. The monoisotopic (exact) mass is 349 g/mol.